The minimum atomic E-state index is 1.09. The molecule has 3 nitrogen and oxygen atoms in total. The molecule has 2 rings (SSSR count). The third kappa shape index (κ3) is 1.47. The summed E-state index contributed by atoms with van der Waals surface area (Å²) in [5, 5.41) is 6.72. The third-order valence-corrected chi connectivity index (χ3v) is 2.38. The highest BCUT2D eigenvalue weighted by molar-refractivity contribution is 5.76. The quantitative estimate of drug-likeness (QED) is 0.470. The van der Waals surface area contributed by atoms with Gasteiger partial charge in [0.2, 0.25) is 0 Å². The van der Waals surface area contributed by atoms with Crippen molar-refractivity contribution in [2.45, 2.75) is 19.3 Å². The molecule has 2 aliphatic rings. The van der Waals surface area contributed by atoms with E-state index in [-0.39, 0.29) is 0 Å². The van der Waals surface area contributed by atoms with Gasteiger partial charge in [-0.25, -0.2) is 0 Å². The lowest BCUT2D eigenvalue weighted by atomic mass is 10.2. The molecule has 2 N–H and O–H groups in total. The van der Waals surface area contributed by atoms with E-state index in [9.17, 15) is 0 Å². The zero-order chi connectivity index (χ0) is 7.52. The van der Waals surface area contributed by atoms with Gasteiger partial charge in [0.1, 0.15) is 0 Å². The van der Waals surface area contributed by atoms with Crippen LogP contribution in [0.5, 0.6) is 0 Å². The Bertz CT molecular complexity index is 158. The summed E-state index contributed by atoms with van der Waals surface area (Å²) in [7, 11) is 0. The topological polar surface area (TPSA) is 27.1 Å². The molecule has 2 saturated heterocycles. The summed E-state index contributed by atoms with van der Waals surface area (Å²) < 4.78 is 2.43. The fraction of sp³-hybridized carbons (Fsp3) is 0.875. The lowest BCUT2D eigenvalue weighted by Crippen LogP contribution is -2.38. The number of guanidine groups is 1. The second-order valence-electron chi connectivity index (χ2n) is 3.25. The van der Waals surface area contributed by atoms with Gasteiger partial charge in [-0.1, -0.05) is 0 Å². The van der Waals surface area contributed by atoms with Gasteiger partial charge >= 0.3 is 5.96 Å². The van der Waals surface area contributed by atoms with Crippen molar-refractivity contribution in [3.05, 3.63) is 0 Å². The minimum Gasteiger partial charge on any atom is -0.275 e. The Morgan fingerprint density at radius 3 is 2.18 bits per heavy atom. The summed E-state index contributed by atoms with van der Waals surface area (Å²) in [4.78, 5) is 0. The summed E-state index contributed by atoms with van der Waals surface area (Å²) >= 11 is 0. The summed E-state index contributed by atoms with van der Waals surface area (Å²) in [5.41, 5.74) is 0. The maximum Gasteiger partial charge on any atom is 0.345 e. The van der Waals surface area contributed by atoms with Crippen molar-refractivity contribution in [3.63, 3.8) is 0 Å². The number of hydrogen-bond acceptors (Lipinski definition) is 0. The molecule has 0 aromatic rings. The number of rotatable bonds is 0. The van der Waals surface area contributed by atoms with Crippen molar-refractivity contribution in [3.8, 4) is 0 Å². The van der Waals surface area contributed by atoms with E-state index >= 15 is 0 Å². The number of piperidine rings is 1. The molecule has 62 valence electrons. The Morgan fingerprint density at radius 2 is 1.55 bits per heavy atom. The highest BCUT2D eigenvalue weighted by atomic mass is 15.3. The van der Waals surface area contributed by atoms with Crippen LogP contribution >= 0.6 is 0 Å². The van der Waals surface area contributed by atoms with E-state index in [2.05, 4.69) is 15.2 Å². The Hall–Kier alpha value is -0.730. The van der Waals surface area contributed by atoms with Gasteiger partial charge in [0.05, 0.1) is 26.2 Å². The van der Waals surface area contributed by atoms with E-state index in [1.165, 1.54) is 38.3 Å². The molecule has 0 unspecified atom stereocenters. The predicted molar refractivity (Wildman–Crippen MR) is 44.9 cm³/mol. The van der Waals surface area contributed by atoms with Crippen LogP contribution in [-0.2, 0) is 0 Å². The molecule has 2 fully saturated rings. The Kier molecular flexibility index (Phi) is 1.97. The van der Waals surface area contributed by atoms with Crippen molar-refractivity contribution in [2.75, 3.05) is 26.2 Å². The average molecular weight is 154 g/mol. The maximum absolute atomic E-state index is 3.36. The normalized spacial score (nSPS) is 24.7. The lowest BCUT2D eigenvalue weighted by Gasteiger charge is -2.15. The van der Waals surface area contributed by atoms with Crippen molar-refractivity contribution in [1.29, 1.82) is 0 Å². The highest BCUT2D eigenvalue weighted by Crippen LogP contribution is 2.03. The first-order chi connectivity index (χ1) is 5.47. The van der Waals surface area contributed by atoms with E-state index in [0.29, 0.717) is 0 Å². The molecule has 0 radical (unpaired) electrons. The number of hydrogen-bond donors (Lipinski definition) is 2. The van der Waals surface area contributed by atoms with E-state index < -0.39 is 0 Å². The monoisotopic (exact) mass is 154 g/mol. The molecule has 0 saturated carbocycles. The SMILES string of the molecule is C1CC[N+](=C2NCCN2)CC1. The predicted octanol–water partition coefficient (Wildman–Crippen LogP) is -0.268. The molecule has 2 heterocycles. The van der Waals surface area contributed by atoms with Gasteiger partial charge in [-0.05, 0) is 19.3 Å². The molecule has 0 bridgehead atoms. The first kappa shape index (κ1) is 6.95. The van der Waals surface area contributed by atoms with Crippen molar-refractivity contribution in [1.82, 2.24) is 10.6 Å². The third-order valence-electron chi connectivity index (χ3n) is 2.38. The van der Waals surface area contributed by atoms with Crippen molar-refractivity contribution in [2.24, 2.45) is 0 Å². The lowest BCUT2D eigenvalue weighted by molar-refractivity contribution is -0.540. The highest BCUT2D eigenvalue weighted by Gasteiger charge is 2.18. The first-order valence-electron chi connectivity index (χ1n) is 4.56. The van der Waals surface area contributed by atoms with Gasteiger partial charge in [0.25, 0.3) is 0 Å². The van der Waals surface area contributed by atoms with E-state index in [1.54, 1.807) is 0 Å². The zero-order valence-corrected chi connectivity index (χ0v) is 6.90. The van der Waals surface area contributed by atoms with Crippen LogP contribution in [0, 0.1) is 0 Å². The smallest absolute Gasteiger partial charge is 0.275 e. The fourth-order valence-corrected chi connectivity index (χ4v) is 1.77. The van der Waals surface area contributed by atoms with Gasteiger partial charge in [0, 0.05) is 0 Å². The van der Waals surface area contributed by atoms with Crippen LogP contribution in [0.25, 0.3) is 0 Å². The molecule has 0 aromatic heterocycles. The molecular weight excluding hydrogens is 138 g/mol. The van der Waals surface area contributed by atoms with Gasteiger partial charge in [-0.3, -0.25) is 15.2 Å². The fourth-order valence-electron chi connectivity index (χ4n) is 1.77. The van der Waals surface area contributed by atoms with Crippen LogP contribution in [0.2, 0.25) is 0 Å². The number of nitrogens with zero attached hydrogens (tertiary/aromatic N) is 1. The molecule has 0 amide bonds. The second-order valence-corrected chi connectivity index (χ2v) is 3.25. The molecule has 0 aliphatic carbocycles. The molecule has 2 aliphatic heterocycles. The standard InChI is InChI=1S/C8H15N3/c1-2-6-11(7-3-1)8-9-4-5-10-8/h1-7H2,(H,9,10)/p+1. The van der Waals surface area contributed by atoms with Crippen molar-refractivity contribution < 1.29 is 4.58 Å². The largest absolute Gasteiger partial charge is 0.345 e. The summed E-state index contributed by atoms with van der Waals surface area (Å²) in [6.07, 6.45) is 4.11. The Morgan fingerprint density at radius 1 is 0.909 bits per heavy atom. The summed E-state index contributed by atoms with van der Waals surface area (Å²) in [6, 6.07) is 0. The first-order valence-corrected chi connectivity index (χ1v) is 4.56. The average Bonchev–Trinajstić information content (AvgIpc) is 2.58. The maximum atomic E-state index is 3.36. The van der Waals surface area contributed by atoms with Crippen LogP contribution in [0.1, 0.15) is 19.3 Å². The van der Waals surface area contributed by atoms with Gasteiger partial charge in [-0.15, -0.1) is 0 Å². The molecule has 11 heavy (non-hydrogen) atoms. The van der Waals surface area contributed by atoms with Gasteiger partial charge in [0.15, 0.2) is 0 Å². The van der Waals surface area contributed by atoms with Gasteiger partial charge in [-0.2, -0.15) is 0 Å². The molecule has 0 atom stereocenters. The Labute approximate surface area is 67.5 Å². The summed E-state index contributed by atoms with van der Waals surface area (Å²) in [6.45, 7) is 4.64. The number of nitrogens with one attached hydrogen (secondary N) is 2. The van der Waals surface area contributed by atoms with Crippen LogP contribution < -0.4 is 10.6 Å². The Balaban J connectivity index is 2.03. The molecular formula is C8H16N3+. The molecule has 3 heteroatoms. The van der Waals surface area contributed by atoms with E-state index in [1.807, 2.05) is 0 Å². The van der Waals surface area contributed by atoms with Crippen LogP contribution in [0.3, 0.4) is 0 Å². The van der Waals surface area contributed by atoms with Crippen LogP contribution in [0.4, 0.5) is 0 Å². The van der Waals surface area contributed by atoms with Crippen molar-refractivity contribution >= 4 is 5.96 Å². The zero-order valence-electron chi connectivity index (χ0n) is 6.90. The molecule has 0 spiro atoms. The van der Waals surface area contributed by atoms with E-state index in [4.69, 9.17) is 0 Å². The minimum absolute atomic E-state index is 1.09. The second kappa shape index (κ2) is 3.11. The van der Waals surface area contributed by atoms with Gasteiger partial charge < -0.3 is 0 Å². The van der Waals surface area contributed by atoms with E-state index in [0.717, 1.165) is 13.1 Å². The van der Waals surface area contributed by atoms with Crippen LogP contribution in [0.15, 0.2) is 0 Å². The molecule has 0 aromatic carbocycles. The van der Waals surface area contributed by atoms with Crippen LogP contribution in [-0.4, -0.2) is 36.7 Å². The summed E-state index contributed by atoms with van der Waals surface area (Å²) in [5.74, 6) is 1.27.